The third-order valence-electron chi connectivity index (χ3n) is 0.843. The van der Waals surface area contributed by atoms with Crippen LogP contribution < -0.4 is 51.4 Å². The van der Waals surface area contributed by atoms with E-state index in [0.717, 1.165) is 0 Å². The van der Waals surface area contributed by atoms with Gasteiger partial charge < -0.3 is 21.1 Å². The Hall–Kier alpha value is 1.48. The number of hydrogen-bond donors (Lipinski definition) is 2. The van der Waals surface area contributed by atoms with E-state index in [9.17, 15) is 0 Å². The molecule has 0 aromatic rings. The zero-order valence-corrected chi connectivity index (χ0v) is 10.1. The predicted octanol–water partition coefficient (Wildman–Crippen LogP) is -3.88. The van der Waals surface area contributed by atoms with Gasteiger partial charge in [-0.15, -0.1) is 0 Å². The van der Waals surface area contributed by atoms with Gasteiger partial charge in [0, 0.05) is 0 Å². The smallest absolute Gasteiger partial charge is 1.00 e. The van der Waals surface area contributed by atoms with Crippen molar-refractivity contribution in [3.63, 3.8) is 0 Å². The Labute approximate surface area is 111 Å². The summed E-state index contributed by atoms with van der Waals surface area (Å²) >= 11 is 0. The van der Waals surface area contributed by atoms with Gasteiger partial charge in [0.2, 0.25) is 0 Å². The first kappa shape index (κ1) is 15.0. The van der Waals surface area contributed by atoms with Gasteiger partial charge in [0.15, 0.2) is 0 Å². The van der Waals surface area contributed by atoms with Crippen LogP contribution in [-0.2, 0) is 9.47 Å². The number of aliphatic hydroxyl groups excluding tert-OH is 2. The molecule has 0 aliphatic carbocycles. The first-order chi connectivity index (χ1) is 4.91. The fraction of sp³-hybridized carbons (Fsp3) is 1.00. The van der Waals surface area contributed by atoms with Crippen molar-refractivity contribution < 1.29 is 72.5 Å². The molecule has 0 fully saturated rings. The van der Waals surface area contributed by atoms with Crippen LogP contribution in [0.4, 0.5) is 0 Å². The van der Waals surface area contributed by atoms with Gasteiger partial charge >= 0.3 is 51.4 Å². The van der Waals surface area contributed by atoms with E-state index in [4.69, 9.17) is 19.7 Å². The fourth-order valence-electron chi connectivity index (χ4n) is 0.451. The van der Waals surface area contributed by atoms with E-state index >= 15 is 0 Å². The van der Waals surface area contributed by atoms with Gasteiger partial charge in [-0.05, 0) is 0 Å². The Balaban J connectivity index is -0.000000405. The Bertz CT molecular complexity index is 59.5. The van der Waals surface area contributed by atoms with Gasteiger partial charge in [-0.1, -0.05) is 0 Å². The van der Waals surface area contributed by atoms with E-state index in [2.05, 4.69) is 0 Å². The summed E-state index contributed by atoms with van der Waals surface area (Å²) in [4.78, 5) is 0. The average molecular weight is 190 g/mol. The molecule has 0 saturated carbocycles. The molecule has 4 nitrogen and oxygen atoms in total. The maximum atomic E-state index is 8.26. The molecule has 0 heterocycles. The third-order valence-corrected chi connectivity index (χ3v) is 0.843. The van der Waals surface area contributed by atoms with Crippen LogP contribution in [0.1, 0.15) is 1.43 Å². The minimum absolute atomic E-state index is 0. The molecule has 5 heteroatoms. The molecule has 11 heavy (non-hydrogen) atoms. The molecule has 0 unspecified atom stereocenters. The molecule has 0 atom stereocenters. The summed E-state index contributed by atoms with van der Waals surface area (Å²) in [6, 6.07) is 0. The van der Waals surface area contributed by atoms with Crippen LogP contribution in [0.15, 0.2) is 0 Å². The van der Waals surface area contributed by atoms with Gasteiger partial charge in [0.25, 0.3) is 0 Å². The van der Waals surface area contributed by atoms with Gasteiger partial charge in [-0.3, -0.25) is 0 Å². The van der Waals surface area contributed by atoms with Crippen LogP contribution in [0.3, 0.4) is 0 Å². The SMILES string of the molecule is OCCOCCOCCO.[H-].[K+]. The van der Waals surface area contributed by atoms with E-state index in [-0.39, 0.29) is 66.0 Å². The van der Waals surface area contributed by atoms with E-state index < -0.39 is 0 Å². The number of rotatable bonds is 7. The molecular weight excluding hydrogens is 175 g/mol. The number of aliphatic hydroxyl groups is 2. The molecular formula is C6H15KO4. The molecule has 0 spiro atoms. The van der Waals surface area contributed by atoms with Crippen LogP contribution in [0, 0.1) is 0 Å². The quantitative estimate of drug-likeness (QED) is 0.318. The normalized spacial score (nSPS) is 9.27. The van der Waals surface area contributed by atoms with Gasteiger partial charge in [0.05, 0.1) is 39.6 Å². The van der Waals surface area contributed by atoms with Gasteiger partial charge in [-0.25, -0.2) is 0 Å². The Morgan fingerprint density at radius 3 is 1.45 bits per heavy atom. The molecule has 0 rings (SSSR count). The first-order valence-corrected chi connectivity index (χ1v) is 3.29. The first-order valence-electron chi connectivity index (χ1n) is 3.29. The molecule has 0 aromatic heterocycles. The van der Waals surface area contributed by atoms with Crippen molar-refractivity contribution in [1.82, 2.24) is 0 Å². The summed E-state index contributed by atoms with van der Waals surface area (Å²) in [6.45, 7) is 1.73. The van der Waals surface area contributed by atoms with Crippen LogP contribution in [0.25, 0.3) is 0 Å². The second-order valence-corrected chi connectivity index (χ2v) is 1.67. The van der Waals surface area contributed by atoms with Crippen molar-refractivity contribution in [2.24, 2.45) is 0 Å². The standard InChI is InChI=1S/C6H14O4.K.H/c7-1-3-9-5-6-10-4-2-8;;/h7-8H,1-6H2;;/q;+1;-1. The van der Waals surface area contributed by atoms with Crippen molar-refractivity contribution in [3.8, 4) is 0 Å². The Morgan fingerprint density at radius 2 is 1.18 bits per heavy atom. The van der Waals surface area contributed by atoms with E-state index in [0.29, 0.717) is 26.4 Å². The largest absolute Gasteiger partial charge is 1.00 e. The second kappa shape index (κ2) is 14.0. The summed E-state index contributed by atoms with van der Waals surface area (Å²) in [5.74, 6) is 0. The maximum Gasteiger partial charge on any atom is 1.00 e. The van der Waals surface area contributed by atoms with Crippen molar-refractivity contribution in [2.75, 3.05) is 39.6 Å². The van der Waals surface area contributed by atoms with Crippen LogP contribution in [-0.4, -0.2) is 49.9 Å². The molecule has 64 valence electrons. The Morgan fingerprint density at radius 1 is 0.818 bits per heavy atom. The topological polar surface area (TPSA) is 58.9 Å². The zero-order valence-electron chi connectivity index (χ0n) is 7.95. The van der Waals surface area contributed by atoms with Crippen molar-refractivity contribution in [3.05, 3.63) is 0 Å². The minimum atomic E-state index is 0. The number of hydrogen-bond acceptors (Lipinski definition) is 4. The average Bonchev–Trinajstić information content (AvgIpc) is 1.97. The Kier molecular flexibility index (Phi) is 19.1. The van der Waals surface area contributed by atoms with Crippen molar-refractivity contribution in [2.45, 2.75) is 0 Å². The van der Waals surface area contributed by atoms with Gasteiger partial charge in [-0.2, -0.15) is 0 Å². The summed E-state index contributed by atoms with van der Waals surface area (Å²) in [5.41, 5.74) is 0. The van der Waals surface area contributed by atoms with Crippen molar-refractivity contribution >= 4 is 0 Å². The second-order valence-electron chi connectivity index (χ2n) is 1.67. The summed E-state index contributed by atoms with van der Waals surface area (Å²) in [6.07, 6.45) is 0. The summed E-state index contributed by atoms with van der Waals surface area (Å²) in [5, 5.41) is 16.5. The molecule has 0 aliphatic rings. The van der Waals surface area contributed by atoms with E-state index in [1.807, 2.05) is 0 Å². The van der Waals surface area contributed by atoms with Crippen molar-refractivity contribution in [1.29, 1.82) is 0 Å². The molecule has 0 amide bonds. The van der Waals surface area contributed by atoms with E-state index in [1.165, 1.54) is 0 Å². The molecule has 0 bridgehead atoms. The molecule has 0 saturated heterocycles. The molecule has 2 N–H and O–H groups in total. The summed E-state index contributed by atoms with van der Waals surface area (Å²) < 4.78 is 9.75. The predicted molar refractivity (Wildman–Crippen MR) is 36.9 cm³/mol. The molecule has 0 aromatic carbocycles. The monoisotopic (exact) mass is 190 g/mol. The van der Waals surface area contributed by atoms with Gasteiger partial charge in [0.1, 0.15) is 0 Å². The minimum Gasteiger partial charge on any atom is -1.00 e. The van der Waals surface area contributed by atoms with Crippen LogP contribution in [0.2, 0.25) is 0 Å². The van der Waals surface area contributed by atoms with E-state index in [1.54, 1.807) is 0 Å². The van der Waals surface area contributed by atoms with Crippen LogP contribution >= 0.6 is 0 Å². The van der Waals surface area contributed by atoms with Crippen LogP contribution in [0.5, 0.6) is 0 Å². The molecule has 0 aliphatic heterocycles. The summed E-state index contributed by atoms with van der Waals surface area (Å²) in [7, 11) is 0. The number of ether oxygens (including phenoxy) is 2. The molecule has 0 radical (unpaired) electrons. The maximum absolute atomic E-state index is 8.26. The third kappa shape index (κ3) is 14.3. The fourth-order valence-corrected chi connectivity index (χ4v) is 0.451. The zero-order chi connectivity index (χ0) is 7.66.